The number of aliphatic carboxylic acids is 1. The van der Waals surface area contributed by atoms with E-state index in [1.54, 1.807) is 36.3 Å². The smallest absolute Gasteiger partial charge is 0.305 e. The Morgan fingerprint density at radius 1 is 1.15 bits per heavy atom. The quantitative estimate of drug-likeness (QED) is 0.724. The molecule has 0 aromatic heterocycles. The van der Waals surface area contributed by atoms with Gasteiger partial charge >= 0.3 is 5.97 Å². The number of amides is 1. The van der Waals surface area contributed by atoms with Gasteiger partial charge in [-0.25, -0.2) is 0 Å². The van der Waals surface area contributed by atoms with Crippen LogP contribution in [0.2, 0.25) is 0 Å². The van der Waals surface area contributed by atoms with Crippen molar-refractivity contribution in [2.75, 3.05) is 12.0 Å². The van der Waals surface area contributed by atoms with Gasteiger partial charge in [-0.2, -0.15) is 0 Å². The van der Waals surface area contributed by atoms with E-state index < -0.39 is 17.9 Å². The van der Waals surface area contributed by atoms with E-state index in [4.69, 9.17) is 9.47 Å². The number of anilines is 1. The highest BCUT2D eigenvalue weighted by Crippen LogP contribution is 2.38. The van der Waals surface area contributed by atoms with Crippen molar-refractivity contribution in [3.8, 4) is 5.75 Å². The number of carboxylic acid groups (broad SMARTS) is 1. The Morgan fingerprint density at radius 2 is 1.81 bits per heavy atom. The lowest BCUT2D eigenvalue weighted by atomic mass is 9.80. The largest absolute Gasteiger partial charge is 0.497 e. The molecule has 27 heavy (non-hydrogen) atoms. The van der Waals surface area contributed by atoms with E-state index in [0.29, 0.717) is 18.0 Å². The molecule has 2 aromatic rings. The summed E-state index contributed by atoms with van der Waals surface area (Å²) in [6.07, 6.45) is -0.502. The van der Waals surface area contributed by atoms with E-state index >= 15 is 0 Å². The van der Waals surface area contributed by atoms with Crippen LogP contribution in [0.5, 0.6) is 5.75 Å². The highest BCUT2D eigenvalue weighted by atomic mass is 16.5. The molecule has 1 fully saturated rings. The molecule has 3 atom stereocenters. The van der Waals surface area contributed by atoms with Crippen LogP contribution in [0.1, 0.15) is 18.9 Å². The molecule has 1 amide bonds. The summed E-state index contributed by atoms with van der Waals surface area (Å²) in [4.78, 5) is 25.7. The Kier molecular flexibility index (Phi) is 5.76. The lowest BCUT2D eigenvalue weighted by Gasteiger charge is -2.48. The Labute approximate surface area is 158 Å². The average molecular weight is 369 g/mol. The van der Waals surface area contributed by atoms with Crippen molar-refractivity contribution < 1.29 is 24.2 Å². The Morgan fingerprint density at radius 3 is 2.41 bits per heavy atom. The van der Waals surface area contributed by atoms with Gasteiger partial charge in [-0.15, -0.1) is 0 Å². The van der Waals surface area contributed by atoms with E-state index in [0.717, 1.165) is 5.56 Å². The molecule has 6 heteroatoms. The molecule has 0 spiro atoms. The Balaban J connectivity index is 1.72. The van der Waals surface area contributed by atoms with Gasteiger partial charge in [0.05, 0.1) is 38.2 Å². The molecule has 1 aliphatic heterocycles. The molecule has 0 aliphatic carbocycles. The number of carbonyl (C=O) groups is 2. The number of carbonyl (C=O) groups excluding carboxylic acids is 1. The van der Waals surface area contributed by atoms with Crippen molar-refractivity contribution in [3.63, 3.8) is 0 Å². The molecule has 1 N–H and O–H groups in total. The van der Waals surface area contributed by atoms with Gasteiger partial charge < -0.3 is 19.5 Å². The van der Waals surface area contributed by atoms with Crippen LogP contribution < -0.4 is 9.64 Å². The van der Waals surface area contributed by atoms with Crippen LogP contribution in [0.15, 0.2) is 54.6 Å². The van der Waals surface area contributed by atoms with Crippen molar-refractivity contribution in [1.29, 1.82) is 0 Å². The molecule has 0 bridgehead atoms. The standard InChI is InChI=1S/C21H23NO5/c1-14(27-13-15-6-4-3-5-7-15)20-18(12-19(23)24)22(21(20)25)16-8-10-17(26-2)11-9-16/h3-11,14,18,20H,12-13H2,1-2H3,(H,23,24)/t14-,18-,20-/m1/s1. The lowest BCUT2D eigenvalue weighted by Crippen LogP contribution is -2.65. The molecule has 1 heterocycles. The fraction of sp³-hybridized carbons (Fsp3) is 0.333. The predicted octanol–water partition coefficient (Wildman–Crippen LogP) is 3.11. The maximum absolute atomic E-state index is 12.8. The Hall–Kier alpha value is -2.86. The highest BCUT2D eigenvalue weighted by Gasteiger charge is 2.51. The van der Waals surface area contributed by atoms with Gasteiger partial charge in [0.25, 0.3) is 0 Å². The molecule has 2 aromatic carbocycles. The second-order valence-corrected chi connectivity index (χ2v) is 6.60. The molecule has 3 rings (SSSR count). The lowest BCUT2D eigenvalue weighted by molar-refractivity contribution is -0.144. The van der Waals surface area contributed by atoms with Gasteiger partial charge in [0.1, 0.15) is 5.75 Å². The number of β-lactam (4-membered cyclic amide) rings is 1. The molecule has 1 saturated heterocycles. The average Bonchev–Trinajstić information content (AvgIpc) is 2.67. The van der Waals surface area contributed by atoms with Crippen molar-refractivity contribution in [2.24, 2.45) is 5.92 Å². The SMILES string of the molecule is COc1ccc(N2C(=O)[C@H]([C@@H](C)OCc3ccccc3)[C@H]2CC(=O)O)cc1. The number of nitrogens with zero attached hydrogens (tertiary/aromatic N) is 1. The van der Waals surface area contributed by atoms with E-state index in [-0.39, 0.29) is 18.4 Å². The summed E-state index contributed by atoms with van der Waals surface area (Å²) in [5.74, 6) is -0.859. The highest BCUT2D eigenvalue weighted by molar-refractivity contribution is 6.04. The second-order valence-electron chi connectivity index (χ2n) is 6.60. The van der Waals surface area contributed by atoms with Crippen molar-refractivity contribution >= 4 is 17.6 Å². The number of carboxylic acids is 1. The third kappa shape index (κ3) is 4.11. The van der Waals surface area contributed by atoms with Gasteiger partial charge in [-0.1, -0.05) is 30.3 Å². The van der Waals surface area contributed by atoms with Crippen LogP contribution in [-0.2, 0) is 20.9 Å². The first-order valence-corrected chi connectivity index (χ1v) is 8.85. The van der Waals surface area contributed by atoms with Crippen LogP contribution in [-0.4, -0.2) is 36.2 Å². The molecular weight excluding hydrogens is 346 g/mol. The minimum atomic E-state index is -0.939. The van der Waals surface area contributed by atoms with Crippen LogP contribution >= 0.6 is 0 Å². The number of ether oxygens (including phenoxy) is 2. The van der Waals surface area contributed by atoms with Crippen molar-refractivity contribution in [2.45, 2.75) is 32.1 Å². The molecular formula is C21H23NO5. The van der Waals surface area contributed by atoms with E-state index in [1.165, 1.54) is 0 Å². The van der Waals surface area contributed by atoms with Crippen LogP contribution in [0.3, 0.4) is 0 Å². The maximum Gasteiger partial charge on any atom is 0.305 e. The van der Waals surface area contributed by atoms with Crippen LogP contribution in [0.4, 0.5) is 5.69 Å². The summed E-state index contributed by atoms with van der Waals surface area (Å²) in [5.41, 5.74) is 1.68. The number of benzene rings is 2. The number of rotatable bonds is 8. The van der Waals surface area contributed by atoms with Gasteiger partial charge in [0.2, 0.25) is 5.91 Å². The minimum absolute atomic E-state index is 0.119. The molecule has 0 unspecified atom stereocenters. The Bertz CT molecular complexity index is 790. The van der Waals surface area contributed by atoms with Crippen molar-refractivity contribution in [1.82, 2.24) is 0 Å². The zero-order valence-corrected chi connectivity index (χ0v) is 15.4. The predicted molar refractivity (Wildman–Crippen MR) is 101 cm³/mol. The monoisotopic (exact) mass is 369 g/mol. The molecule has 1 aliphatic rings. The number of methoxy groups -OCH3 is 1. The summed E-state index contributed by atoms with van der Waals surface area (Å²) in [5, 5.41) is 9.29. The first-order valence-electron chi connectivity index (χ1n) is 8.85. The summed E-state index contributed by atoms with van der Waals surface area (Å²) >= 11 is 0. The number of hydrogen-bond donors (Lipinski definition) is 1. The maximum atomic E-state index is 12.8. The fourth-order valence-corrected chi connectivity index (χ4v) is 3.44. The van der Waals surface area contributed by atoms with Crippen molar-refractivity contribution in [3.05, 3.63) is 60.2 Å². The summed E-state index contributed by atoms with van der Waals surface area (Å²) in [6, 6.07) is 16.3. The third-order valence-corrected chi connectivity index (χ3v) is 4.86. The topological polar surface area (TPSA) is 76.1 Å². The van der Waals surface area contributed by atoms with Gasteiger partial charge in [0, 0.05) is 5.69 Å². The third-order valence-electron chi connectivity index (χ3n) is 4.86. The normalized spacial score (nSPS) is 20.1. The summed E-state index contributed by atoms with van der Waals surface area (Å²) < 4.78 is 11.0. The van der Waals surface area contributed by atoms with Gasteiger partial charge in [-0.3, -0.25) is 9.59 Å². The molecule has 6 nitrogen and oxygen atoms in total. The molecule has 0 saturated carbocycles. The second kappa shape index (κ2) is 8.22. The first kappa shape index (κ1) is 18.9. The first-order chi connectivity index (χ1) is 13.0. The zero-order chi connectivity index (χ0) is 19.4. The van der Waals surface area contributed by atoms with Crippen LogP contribution in [0.25, 0.3) is 0 Å². The zero-order valence-electron chi connectivity index (χ0n) is 15.4. The summed E-state index contributed by atoms with van der Waals surface area (Å²) in [6.45, 7) is 2.21. The molecule has 0 radical (unpaired) electrons. The van der Waals surface area contributed by atoms with Gasteiger partial charge in [0.15, 0.2) is 0 Å². The van der Waals surface area contributed by atoms with E-state index in [2.05, 4.69) is 0 Å². The van der Waals surface area contributed by atoms with E-state index in [9.17, 15) is 14.7 Å². The van der Waals surface area contributed by atoms with E-state index in [1.807, 2.05) is 37.3 Å². The minimum Gasteiger partial charge on any atom is -0.497 e. The summed E-state index contributed by atoms with van der Waals surface area (Å²) in [7, 11) is 1.57. The fourth-order valence-electron chi connectivity index (χ4n) is 3.44. The van der Waals surface area contributed by atoms with Gasteiger partial charge in [-0.05, 0) is 36.8 Å². The van der Waals surface area contributed by atoms with Crippen LogP contribution in [0, 0.1) is 5.92 Å². The number of hydrogen-bond acceptors (Lipinski definition) is 4. The molecule has 142 valence electrons.